The van der Waals surface area contributed by atoms with Crippen LogP contribution in [0, 0.1) is 11.7 Å². The van der Waals surface area contributed by atoms with Gasteiger partial charge in [-0.05, 0) is 68.0 Å². The molecule has 1 N–H and O–H groups in total. The van der Waals surface area contributed by atoms with Gasteiger partial charge in [0.1, 0.15) is 5.82 Å². The molecule has 0 aliphatic rings. The molecule has 0 radical (unpaired) electrons. The minimum atomic E-state index is -0.128. The Balaban J connectivity index is 2.41. The molecule has 3 heteroatoms. The minimum Gasteiger partial charge on any atom is -0.319 e. The number of rotatable bonds is 9. The summed E-state index contributed by atoms with van der Waals surface area (Å²) in [4.78, 5) is 0. The molecule has 0 amide bonds. The maximum Gasteiger partial charge on any atom is 0.123 e. The molecule has 0 spiro atoms. The molecular weight excluding hydrogens is 245 g/mol. The fraction of sp³-hybridized carbons (Fsp3) is 0.600. The lowest BCUT2D eigenvalue weighted by molar-refractivity contribution is 0.456. The van der Waals surface area contributed by atoms with E-state index in [2.05, 4.69) is 12.2 Å². The van der Waals surface area contributed by atoms with Crippen LogP contribution in [0.2, 0.25) is 0 Å². The summed E-state index contributed by atoms with van der Waals surface area (Å²) in [6.45, 7) is 3.20. The lowest BCUT2D eigenvalue weighted by Crippen LogP contribution is -2.21. The monoisotopic (exact) mass is 269 g/mol. The molecule has 1 atom stereocenters. The van der Waals surface area contributed by atoms with E-state index in [1.165, 1.54) is 30.4 Å². The van der Waals surface area contributed by atoms with Gasteiger partial charge >= 0.3 is 0 Å². The first-order valence-electron chi connectivity index (χ1n) is 6.73. The Bertz CT molecular complexity index is 330. The van der Waals surface area contributed by atoms with E-state index >= 15 is 0 Å². The maximum absolute atomic E-state index is 13.1. The first kappa shape index (κ1) is 15.5. The van der Waals surface area contributed by atoms with E-state index in [4.69, 9.17) is 0 Å². The van der Waals surface area contributed by atoms with Crippen LogP contribution in [-0.4, -0.2) is 25.1 Å². The molecule has 0 aromatic heterocycles. The second-order valence-corrected chi connectivity index (χ2v) is 5.99. The van der Waals surface area contributed by atoms with Crippen LogP contribution in [0.3, 0.4) is 0 Å². The number of nitrogens with one attached hydrogen (secondary N) is 1. The van der Waals surface area contributed by atoms with E-state index < -0.39 is 0 Å². The van der Waals surface area contributed by atoms with Crippen LogP contribution in [0.1, 0.15) is 25.3 Å². The second-order valence-electron chi connectivity index (χ2n) is 4.60. The van der Waals surface area contributed by atoms with Crippen molar-refractivity contribution in [1.29, 1.82) is 0 Å². The molecule has 0 saturated heterocycles. The Labute approximate surface area is 115 Å². The van der Waals surface area contributed by atoms with E-state index in [0.717, 1.165) is 18.5 Å². The minimum absolute atomic E-state index is 0.128. The van der Waals surface area contributed by atoms with E-state index in [1.807, 2.05) is 24.9 Å². The number of benzene rings is 1. The first-order chi connectivity index (χ1) is 8.76. The van der Waals surface area contributed by atoms with Gasteiger partial charge in [-0.3, -0.25) is 0 Å². The van der Waals surface area contributed by atoms with E-state index in [9.17, 15) is 4.39 Å². The number of halogens is 1. The van der Waals surface area contributed by atoms with Gasteiger partial charge in [0.15, 0.2) is 0 Å². The van der Waals surface area contributed by atoms with Gasteiger partial charge in [0.25, 0.3) is 0 Å². The fourth-order valence-corrected chi connectivity index (χ4v) is 2.84. The van der Waals surface area contributed by atoms with Gasteiger partial charge in [0, 0.05) is 0 Å². The van der Waals surface area contributed by atoms with Crippen molar-refractivity contribution >= 4 is 11.8 Å². The zero-order valence-electron chi connectivity index (χ0n) is 11.4. The van der Waals surface area contributed by atoms with Crippen LogP contribution < -0.4 is 5.32 Å². The van der Waals surface area contributed by atoms with Crippen LogP contribution in [0.25, 0.3) is 0 Å². The van der Waals surface area contributed by atoms with Gasteiger partial charge in [-0.1, -0.05) is 19.1 Å². The van der Waals surface area contributed by atoms with Gasteiger partial charge in [-0.15, -0.1) is 0 Å². The van der Waals surface area contributed by atoms with Crippen LogP contribution >= 0.6 is 11.8 Å². The normalized spacial score (nSPS) is 12.6. The smallest absolute Gasteiger partial charge is 0.123 e. The fourth-order valence-electron chi connectivity index (χ4n) is 2.18. The summed E-state index contributed by atoms with van der Waals surface area (Å²) >= 11 is 2.00. The molecule has 1 aromatic carbocycles. The molecular formula is C15H24FNS. The summed E-state index contributed by atoms with van der Waals surface area (Å²) < 4.78 is 13.1. The number of hydrogen-bond acceptors (Lipinski definition) is 2. The summed E-state index contributed by atoms with van der Waals surface area (Å²) in [6.07, 6.45) is 3.43. The van der Waals surface area contributed by atoms with Gasteiger partial charge in [-0.25, -0.2) is 4.39 Å². The topological polar surface area (TPSA) is 12.0 Å². The Hall–Kier alpha value is -0.540. The van der Waals surface area contributed by atoms with Crippen molar-refractivity contribution in [3.63, 3.8) is 0 Å². The molecule has 0 heterocycles. The summed E-state index contributed by atoms with van der Waals surface area (Å²) in [5.74, 6) is 2.91. The predicted octanol–water partition coefficient (Wildman–Crippen LogP) is 3.74. The van der Waals surface area contributed by atoms with Crippen molar-refractivity contribution in [1.82, 2.24) is 5.32 Å². The lowest BCUT2D eigenvalue weighted by atomic mass is 9.95. The molecule has 18 heavy (non-hydrogen) atoms. The molecule has 1 aromatic rings. The highest BCUT2D eigenvalue weighted by Crippen LogP contribution is 2.16. The van der Waals surface area contributed by atoms with Gasteiger partial charge in [-0.2, -0.15) is 11.8 Å². The highest BCUT2D eigenvalue weighted by Gasteiger charge is 2.09. The zero-order chi connectivity index (χ0) is 13.2. The lowest BCUT2D eigenvalue weighted by Gasteiger charge is -2.16. The summed E-state index contributed by atoms with van der Waals surface area (Å²) in [5.41, 5.74) is 1.11. The first-order valence-corrected chi connectivity index (χ1v) is 7.88. The van der Waals surface area contributed by atoms with E-state index in [0.29, 0.717) is 5.92 Å². The summed E-state index contributed by atoms with van der Waals surface area (Å²) in [5, 5.41) is 3.24. The molecule has 0 aliphatic carbocycles. The second kappa shape index (κ2) is 9.40. The SMILES string of the molecule is CCSCCCC(CNC)Cc1cccc(F)c1. The van der Waals surface area contributed by atoms with Crippen LogP contribution in [-0.2, 0) is 6.42 Å². The van der Waals surface area contributed by atoms with Crippen molar-refractivity contribution < 1.29 is 4.39 Å². The van der Waals surface area contributed by atoms with E-state index in [1.54, 1.807) is 12.1 Å². The molecule has 0 saturated carbocycles. The molecule has 0 aliphatic heterocycles. The molecule has 1 rings (SSSR count). The quantitative estimate of drug-likeness (QED) is 0.685. The summed E-state index contributed by atoms with van der Waals surface area (Å²) in [6, 6.07) is 6.98. The third-order valence-corrected chi connectivity index (χ3v) is 4.00. The molecule has 102 valence electrons. The maximum atomic E-state index is 13.1. The van der Waals surface area contributed by atoms with Gasteiger partial charge in [0.05, 0.1) is 0 Å². The molecule has 1 unspecified atom stereocenters. The average Bonchev–Trinajstić information content (AvgIpc) is 2.35. The van der Waals surface area contributed by atoms with Crippen molar-refractivity contribution in [2.75, 3.05) is 25.1 Å². The van der Waals surface area contributed by atoms with Crippen molar-refractivity contribution in [2.24, 2.45) is 5.92 Å². The largest absolute Gasteiger partial charge is 0.319 e. The summed E-state index contributed by atoms with van der Waals surface area (Å²) in [7, 11) is 1.99. The average molecular weight is 269 g/mol. The third-order valence-electron chi connectivity index (χ3n) is 3.01. The standard InChI is InChI=1S/C15H24FNS/c1-3-18-9-5-7-14(12-17-2)10-13-6-4-8-15(16)11-13/h4,6,8,11,14,17H,3,5,7,9-10,12H2,1-2H3. The zero-order valence-corrected chi connectivity index (χ0v) is 12.2. The van der Waals surface area contributed by atoms with E-state index in [-0.39, 0.29) is 5.82 Å². The molecule has 1 nitrogen and oxygen atoms in total. The highest BCUT2D eigenvalue weighted by molar-refractivity contribution is 7.99. The number of thioether (sulfide) groups is 1. The molecule has 0 bridgehead atoms. The van der Waals surface area contributed by atoms with Crippen LogP contribution in [0.15, 0.2) is 24.3 Å². The Kier molecular flexibility index (Phi) is 8.10. The van der Waals surface area contributed by atoms with Crippen molar-refractivity contribution in [3.8, 4) is 0 Å². The van der Waals surface area contributed by atoms with Gasteiger partial charge < -0.3 is 5.32 Å². The molecule has 0 fully saturated rings. The highest BCUT2D eigenvalue weighted by atomic mass is 32.2. The third kappa shape index (κ3) is 6.41. The van der Waals surface area contributed by atoms with Gasteiger partial charge in [0.2, 0.25) is 0 Å². The predicted molar refractivity (Wildman–Crippen MR) is 79.8 cm³/mol. The Morgan fingerprint density at radius 3 is 2.89 bits per heavy atom. The number of hydrogen-bond donors (Lipinski definition) is 1. The van der Waals surface area contributed by atoms with Crippen molar-refractivity contribution in [2.45, 2.75) is 26.2 Å². The Morgan fingerprint density at radius 1 is 1.39 bits per heavy atom. The van der Waals surface area contributed by atoms with Crippen LogP contribution in [0.5, 0.6) is 0 Å². The van der Waals surface area contributed by atoms with Crippen molar-refractivity contribution in [3.05, 3.63) is 35.6 Å². The Morgan fingerprint density at radius 2 is 2.22 bits per heavy atom. The van der Waals surface area contributed by atoms with Crippen LogP contribution in [0.4, 0.5) is 4.39 Å².